The number of aryl methyl sites for hydroxylation is 1. The number of sulfonamides is 1. The largest absolute Gasteiger partial charge is 0.352 e. The van der Waals surface area contributed by atoms with Crippen LogP contribution >= 0.6 is 27.5 Å². The van der Waals surface area contributed by atoms with Crippen LogP contribution in [0.3, 0.4) is 0 Å². The third-order valence-electron chi connectivity index (χ3n) is 7.54. The lowest BCUT2D eigenvalue weighted by Gasteiger charge is -2.34. The van der Waals surface area contributed by atoms with E-state index in [1.165, 1.54) is 17.0 Å². The fourth-order valence-corrected chi connectivity index (χ4v) is 6.56. The summed E-state index contributed by atoms with van der Waals surface area (Å²) in [6.45, 7) is 5.30. The van der Waals surface area contributed by atoms with E-state index in [1.807, 2.05) is 51.1 Å². The quantitative estimate of drug-likeness (QED) is 0.160. The maximum absolute atomic E-state index is 14.5. The molecule has 2 atom stereocenters. The molecule has 7 nitrogen and oxygen atoms in total. The average molecular weight is 711 g/mol. The van der Waals surface area contributed by atoms with Crippen LogP contribution in [-0.4, -0.2) is 43.8 Å². The van der Waals surface area contributed by atoms with E-state index in [-0.39, 0.29) is 29.8 Å². The Bertz CT molecular complexity index is 1680. The number of rotatable bonds is 13. The van der Waals surface area contributed by atoms with Gasteiger partial charge in [0.2, 0.25) is 11.8 Å². The third-order valence-corrected chi connectivity index (χ3v) is 10.1. The molecule has 0 saturated heterocycles. The summed E-state index contributed by atoms with van der Waals surface area (Å²) in [5.74, 6) is -0.837. The lowest BCUT2D eigenvalue weighted by atomic mass is 10.0. The van der Waals surface area contributed by atoms with Crippen molar-refractivity contribution in [3.8, 4) is 0 Å². The van der Waals surface area contributed by atoms with Crippen LogP contribution in [0.4, 0.5) is 5.69 Å². The van der Waals surface area contributed by atoms with Crippen molar-refractivity contribution in [1.82, 2.24) is 10.2 Å². The van der Waals surface area contributed by atoms with Gasteiger partial charge in [0.05, 0.1) is 10.6 Å². The number of halogens is 2. The standard InChI is InChI=1S/C35H37BrClN3O4S/c1-4-26(3)38-35(42)33(22-27-8-6-5-7-9-27)39(23-28-12-16-30(37)17-13-28)34(41)24-40(31-18-14-29(36)15-19-31)45(43,44)32-20-10-25(2)11-21-32/h5-21,26,33H,4,22-24H2,1-3H3,(H,38,42)/t26-,33+/m1/s1. The van der Waals surface area contributed by atoms with Crippen LogP contribution in [-0.2, 0) is 32.6 Å². The zero-order chi connectivity index (χ0) is 32.6. The van der Waals surface area contributed by atoms with E-state index in [0.29, 0.717) is 17.1 Å². The van der Waals surface area contributed by atoms with Gasteiger partial charge in [0, 0.05) is 28.5 Å². The Morgan fingerprint density at radius 1 is 0.867 bits per heavy atom. The highest BCUT2D eigenvalue weighted by Gasteiger charge is 2.35. The number of amides is 2. The smallest absolute Gasteiger partial charge is 0.264 e. The molecule has 0 aliphatic carbocycles. The lowest BCUT2D eigenvalue weighted by molar-refractivity contribution is -0.140. The Morgan fingerprint density at radius 2 is 1.49 bits per heavy atom. The molecule has 4 aromatic carbocycles. The molecule has 0 fully saturated rings. The topological polar surface area (TPSA) is 86.8 Å². The molecule has 10 heteroatoms. The Morgan fingerprint density at radius 3 is 2.09 bits per heavy atom. The van der Waals surface area contributed by atoms with E-state index >= 15 is 0 Å². The van der Waals surface area contributed by atoms with Crippen LogP contribution < -0.4 is 9.62 Å². The first-order valence-corrected chi connectivity index (χ1v) is 17.3. The minimum atomic E-state index is -4.17. The lowest BCUT2D eigenvalue weighted by Crippen LogP contribution is -2.54. The molecule has 4 rings (SSSR count). The van der Waals surface area contributed by atoms with Crippen molar-refractivity contribution in [3.05, 3.63) is 129 Å². The molecule has 0 spiro atoms. The second-order valence-electron chi connectivity index (χ2n) is 11.0. The molecular formula is C35H37BrClN3O4S. The Balaban J connectivity index is 1.80. The number of carbonyl (C=O) groups is 2. The summed E-state index contributed by atoms with van der Waals surface area (Å²) in [6.07, 6.45) is 0.951. The molecule has 45 heavy (non-hydrogen) atoms. The van der Waals surface area contributed by atoms with Crippen LogP contribution in [0.1, 0.15) is 37.0 Å². The van der Waals surface area contributed by atoms with Gasteiger partial charge in [0.1, 0.15) is 12.6 Å². The molecule has 1 N–H and O–H groups in total. The maximum atomic E-state index is 14.5. The molecular weight excluding hydrogens is 674 g/mol. The molecule has 0 saturated carbocycles. The molecule has 0 bridgehead atoms. The molecule has 2 amide bonds. The number of hydrogen-bond donors (Lipinski definition) is 1. The zero-order valence-electron chi connectivity index (χ0n) is 25.5. The molecule has 0 aliphatic rings. The summed E-state index contributed by atoms with van der Waals surface area (Å²) < 4.78 is 30.1. The highest BCUT2D eigenvalue weighted by atomic mass is 79.9. The van der Waals surface area contributed by atoms with Gasteiger partial charge in [0.25, 0.3) is 10.0 Å². The van der Waals surface area contributed by atoms with Crippen LogP contribution in [0, 0.1) is 6.92 Å². The second kappa shape index (κ2) is 15.6. The molecule has 0 radical (unpaired) electrons. The first-order valence-electron chi connectivity index (χ1n) is 14.7. The fraction of sp³-hybridized carbons (Fsp3) is 0.257. The SMILES string of the molecule is CC[C@@H](C)NC(=O)[C@H](Cc1ccccc1)N(Cc1ccc(Cl)cc1)C(=O)CN(c1ccc(Br)cc1)S(=O)(=O)c1ccc(C)cc1. The number of hydrogen-bond acceptors (Lipinski definition) is 4. The van der Waals surface area contributed by atoms with Crippen molar-refractivity contribution in [2.45, 2.75) is 57.1 Å². The van der Waals surface area contributed by atoms with E-state index in [1.54, 1.807) is 60.7 Å². The predicted molar refractivity (Wildman–Crippen MR) is 184 cm³/mol. The maximum Gasteiger partial charge on any atom is 0.264 e. The number of anilines is 1. The second-order valence-corrected chi connectivity index (χ2v) is 14.2. The molecule has 236 valence electrons. The minimum Gasteiger partial charge on any atom is -0.352 e. The summed E-state index contributed by atoms with van der Waals surface area (Å²) in [7, 11) is -4.17. The molecule has 0 aliphatic heterocycles. The van der Waals surface area contributed by atoms with Crippen LogP contribution in [0.25, 0.3) is 0 Å². The van der Waals surface area contributed by atoms with Crippen molar-refractivity contribution in [3.63, 3.8) is 0 Å². The van der Waals surface area contributed by atoms with Crippen LogP contribution in [0.15, 0.2) is 112 Å². The number of nitrogens with one attached hydrogen (secondary N) is 1. The minimum absolute atomic E-state index is 0.0587. The first kappa shape index (κ1) is 34.2. The van der Waals surface area contributed by atoms with Gasteiger partial charge >= 0.3 is 0 Å². The van der Waals surface area contributed by atoms with E-state index in [0.717, 1.165) is 25.5 Å². The average Bonchev–Trinajstić information content (AvgIpc) is 3.03. The van der Waals surface area contributed by atoms with Crippen molar-refractivity contribution in [2.75, 3.05) is 10.8 Å². The van der Waals surface area contributed by atoms with E-state index in [9.17, 15) is 18.0 Å². The van der Waals surface area contributed by atoms with Gasteiger partial charge in [-0.1, -0.05) is 94.6 Å². The molecule has 0 unspecified atom stereocenters. The first-order chi connectivity index (χ1) is 21.5. The van der Waals surface area contributed by atoms with Gasteiger partial charge in [0.15, 0.2) is 0 Å². The van der Waals surface area contributed by atoms with Crippen molar-refractivity contribution in [1.29, 1.82) is 0 Å². The van der Waals surface area contributed by atoms with Crippen molar-refractivity contribution < 1.29 is 18.0 Å². The predicted octanol–water partition coefficient (Wildman–Crippen LogP) is 7.16. The van der Waals surface area contributed by atoms with Crippen molar-refractivity contribution >= 4 is 55.1 Å². The van der Waals surface area contributed by atoms with Gasteiger partial charge in [-0.15, -0.1) is 0 Å². The van der Waals surface area contributed by atoms with E-state index in [4.69, 9.17) is 11.6 Å². The van der Waals surface area contributed by atoms with Gasteiger partial charge in [-0.3, -0.25) is 13.9 Å². The third kappa shape index (κ3) is 9.19. The monoisotopic (exact) mass is 709 g/mol. The summed E-state index contributed by atoms with van der Waals surface area (Å²) >= 11 is 9.56. The summed E-state index contributed by atoms with van der Waals surface area (Å²) in [6, 6.07) is 28.7. The normalized spacial score (nSPS) is 12.6. The molecule has 0 aromatic heterocycles. The summed E-state index contributed by atoms with van der Waals surface area (Å²) in [5.41, 5.74) is 2.85. The Kier molecular flexibility index (Phi) is 11.8. The van der Waals surface area contributed by atoms with E-state index in [2.05, 4.69) is 21.2 Å². The zero-order valence-corrected chi connectivity index (χ0v) is 28.6. The highest BCUT2D eigenvalue weighted by Crippen LogP contribution is 2.27. The summed E-state index contributed by atoms with van der Waals surface area (Å²) in [4.78, 5) is 29.9. The van der Waals surface area contributed by atoms with Gasteiger partial charge in [-0.25, -0.2) is 8.42 Å². The molecule has 4 aromatic rings. The Hall–Kier alpha value is -3.66. The number of benzene rings is 4. The van der Waals surface area contributed by atoms with E-state index < -0.39 is 28.5 Å². The van der Waals surface area contributed by atoms with Crippen LogP contribution in [0.5, 0.6) is 0 Å². The van der Waals surface area contributed by atoms with Crippen LogP contribution in [0.2, 0.25) is 5.02 Å². The number of nitrogens with zero attached hydrogens (tertiary/aromatic N) is 2. The fourth-order valence-electron chi connectivity index (χ4n) is 4.76. The van der Waals surface area contributed by atoms with Crippen molar-refractivity contribution in [2.24, 2.45) is 0 Å². The Labute approximate surface area is 279 Å². The highest BCUT2D eigenvalue weighted by molar-refractivity contribution is 9.10. The van der Waals surface area contributed by atoms with Gasteiger partial charge in [-0.05, 0) is 79.9 Å². The summed E-state index contributed by atoms with van der Waals surface area (Å²) in [5, 5.41) is 3.58. The number of carbonyl (C=O) groups excluding carboxylic acids is 2. The van der Waals surface area contributed by atoms with Gasteiger partial charge in [-0.2, -0.15) is 0 Å². The van der Waals surface area contributed by atoms with Gasteiger partial charge < -0.3 is 10.2 Å². The molecule has 0 heterocycles.